The van der Waals surface area contributed by atoms with E-state index in [1.165, 1.54) is 0 Å². The molecule has 9 N–H and O–H groups in total. The highest BCUT2D eigenvalue weighted by Crippen LogP contribution is 2.27. The molecule has 1 saturated heterocycles. The zero-order valence-electron chi connectivity index (χ0n) is 13.5. The van der Waals surface area contributed by atoms with Crippen molar-refractivity contribution in [1.82, 2.24) is 0 Å². The molecule has 1 heterocycles. The highest BCUT2D eigenvalue weighted by Gasteiger charge is 2.51. The minimum absolute atomic E-state index is 0.0278. The van der Waals surface area contributed by atoms with Crippen molar-refractivity contribution < 1.29 is 59.7 Å². The normalized spacial score (nSPS) is 32.2. The summed E-state index contributed by atoms with van der Waals surface area (Å²) in [6.45, 7) is -1.29. The third kappa shape index (κ3) is 6.39. The Bertz CT molecular complexity index is 393. The van der Waals surface area contributed by atoms with E-state index in [1.807, 2.05) is 0 Å². The summed E-state index contributed by atoms with van der Waals surface area (Å²) in [6.07, 6.45) is -10.8. The Kier molecular flexibility index (Phi) is 11.1. The lowest BCUT2D eigenvalue weighted by atomic mass is 10.0. The Morgan fingerprint density at radius 3 is 2.23 bits per heavy atom. The van der Waals surface area contributed by atoms with Gasteiger partial charge in [-0.3, -0.25) is 4.18 Å². The van der Waals surface area contributed by atoms with Crippen LogP contribution in [0, 0.1) is 0 Å². The summed E-state index contributed by atoms with van der Waals surface area (Å²) in [7, 11) is -0.841. The molecule has 0 aromatic rings. The zero-order valence-corrected chi connectivity index (χ0v) is 15.1. The third-order valence-corrected chi connectivity index (χ3v) is 7.25. The van der Waals surface area contributed by atoms with Gasteiger partial charge in [-0.1, -0.05) is 5.04 Å². The lowest BCUT2D eigenvalue weighted by Crippen LogP contribution is -2.52. The topological polar surface area (TPSA) is 210 Å². The second-order valence-electron chi connectivity index (χ2n) is 5.72. The van der Waals surface area contributed by atoms with Crippen molar-refractivity contribution in [2.24, 2.45) is 0 Å². The van der Waals surface area contributed by atoms with Gasteiger partial charge in [0.25, 0.3) is 0 Å². The number of aliphatic hydroxyl groups excluding tert-OH is 8. The molecule has 1 aliphatic rings. The first-order chi connectivity index (χ1) is 12.3. The minimum atomic E-state index is -1.88. The number of hydrogen-bond acceptors (Lipinski definition) is 13. The fourth-order valence-corrected chi connectivity index (χ4v) is 5.63. The monoisotopic (exact) mass is 425 g/mol. The maximum Gasteiger partial charge on any atom is 0.198 e. The van der Waals surface area contributed by atoms with Crippen molar-refractivity contribution in [2.75, 3.05) is 24.7 Å². The third-order valence-electron chi connectivity index (χ3n) is 4.01. The second kappa shape index (κ2) is 11.9. The maximum atomic E-state index is 10.4. The molecule has 0 aromatic heterocycles. The van der Waals surface area contributed by atoms with Gasteiger partial charge < -0.3 is 40.9 Å². The van der Waals surface area contributed by atoms with Crippen molar-refractivity contribution in [3.05, 3.63) is 0 Å². The molecule has 12 nitrogen and oxygen atoms in total. The molecule has 0 amide bonds. The molecular formula is C12H25O12S2+. The summed E-state index contributed by atoms with van der Waals surface area (Å²) in [6, 6.07) is 0. The minimum Gasteiger partial charge on any atom is -0.394 e. The first-order valence-corrected chi connectivity index (χ1v) is 9.84. The van der Waals surface area contributed by atoms with E-state index in [9.17, 15) is 35.7 Å². The SMILES string of the molecule is OCC(O)C(O)C(O)C(OSOOO)C(O)C[S+]1C[C@@H](O)[C@H](O)[C@H]1CO. The van der Waals surface area contributed by atoms with Gasteiger partial charge in [0.2, 0.25) is 0 Å². The van der Waals surface area contributed by atoms with Crippen molar-refractivity contribution in [1.29, 1.82) is 0 Å². The second-order valence-corrected chi connectivity index (χ2v) is 8.53. The smallest absolute Gasteiger partial charge is 0.198 e. The van der Waals surface area contributed by atoms with Gasteiger partial charge in [0.1, 0.15) is 54.2 Å². The van der Waals surface area contributed by atoms with Crippen molar-refractivity contribution >= 4 is 23.2 Å². The molecule has 6 unspecified atom stereocenters. The van der Waals surface area contributed by atoms with E-state index >= 15 is 0 Å². The van der Waals surface area contributed by atoms with E-state index in [0.29, 0.717) is 0 Å². The first-order valence-electron chi connectivity index (χ1n) is 7.55. The Hall–Kier alpha value is 0.220. The lowest BCUT2D eigenvalue weighted by Gasteiger charge is -2.30. The summed E-state index contributed by atoms with van der Waals surface area (Å²) < 4.78 is 8.92. The van der Waals surface area contributed by atoms with E-state index in [-0.39, 0.29) is 23.8 Å². The molecule has 0 saturated carbocycles. The van der Waals surface area contributed by atoms with Crippen molar-refractivity contribution in [3.63, 3.8) is 0 Å². The molecule has 0 radical (unpaired) electrons. The lowest BCUT2D eigenvalue weighted by molar-refractivity contribution is -0.434. The summed E-state index contributed by atoms with van der Waals surface area (Å²) in [5.74, 6) is -0.0129. The Labute approximate surface area is 156 Å². The summed E-state index contributed by atoms with van der Waals surface area (Å²) in [5, 5.41) is 88.2. The van der Waals surface area contributed by atoms with Crippen LogP contribution >= 0.6 is 12.3 Å². The predicted octanol–water partition coefficient (Wildman–Crippen LogP) is -4.49. The van der Waals surface area contributed by atoms with Gasteiger partial charge in [0.15, 0.2) is 17.6 Å². The number of aliphatic hydroxyl groups is 8. The van der Waals surface area contributed by atoms with Crippen LogP contribution in [0.1, 0.15) is 0 Å². The van der Waals surface area contributed by atoms with E-state index in [2.05, 4.69) is 9.37 Å². The van der Waals surface area contributed by atoms with Crippen LogP contribution in [-0.2, 0) is 24.5 Å². The standard InChI is InChI=1S/C12H24O12S2/c13-1-5(15)10(19)11(20)12(22-25-24-23-21)7(17)4-26-3-6(16)9(18)8(26)2-14/h5-20H,1-4H2/p+1/t5?,6-,7?,8-,9+,10?,11?,12?,26?/m1/s1. The van der Waals surface area contributed by atoms with E-state index in [1.54, 1.807) is 0 Å². The van der Waals surface area contributed by atoms with Crippen LogP contribution in [0.3, 0.4) is 0 Å². The molecule has 0 bridgehead atoms. The van der Waals surface area contributed by atoms with Gasteiger partial charge in [0.05, 0.1) is 13.2 Å². The van der Waals surface area contributed by atoms with Crippen molar-refractivity contribution in [3.8, 4) is 0 Å². The average molecular weight is 425 g/mol. The Balaban J connectivity index is 2.81. The molecule has 14 heteroatoms. The first kappa shape index (κ1) is 24.3. The summed E-state index contributed by atoms with van der Waals surface area (Å²) in [5.41, 5.74) is 0. The van der Waals surface area contributed by atoms with Crippen molar-refractivity contribution in [2.45, 2.75) is 48.0 Å². The maximum absolute atomic E-state index is 10.4. The average Bonchev–Trinajstić information content (AvgIpc) is 2.89. The predicted molar refractivity (Wildman–Crippen MR) is 88.4 cm³/mol. The fraction of sp³-hybridized carbons (Fsp3) is 1.00. The van der Waals surface area contributed by atoms with Gasteiger partial charge in [-0.15, -0.1) is 4.33 Å². The van der Waals surface area contributed by atoms with Crippen LogP contribution in [0.2, 0.25) is 0 Å². The van der Waals surface area contributed by atoms with E-state index < -0.39 is 72.1 Å². The summed E-state index contributed by atoms with van der Waals surface area (Å²) >= 11 is 0.0278. The molecule has 1 aliphatic heterocycles. The Morgan fingerprint density at radius 2 is 1.69 bits per heavy atom. The molecule has 9 atom stereocenters. The largest absolute Gasteiger partial charge is 0.394 e. The van der Waals surface area contributed by atoms with Crippen LogP contribution in [-0.4, -0.2) is 119 Å². The summed E-state index contributed by atoms with van der Waals surface area (Å²) in [4.78, 5) is 0. The Morgan fingerprint density at radius 1 is 1.04 bits per heavy atom. The molecule has 0 spiro atoms. The van der Waals surface area contributed by atoms with Gasteiger partial charge in [0, 0.05) is 10.9 Å². The van der Waals surface area contributed by atoms with Gasteiger partial charge in [-0.25, -0.2) is 5.26 Å². The van der Waals surface area contributed by atoms with Crippen LogP contribution in [0.15, 0.2) is 0 Å². The quantitative estimate of drug-likeness (QED) is 0.0475. The molecule has 1 rings (SSSR count). The molecule has 156 valence electrons. The molecular weight excluding hydrogens is 400 g/mol. The number of rotatable bonds is 12. The van der Waals surface area contributed by atoms with E-state index in [4.69, 9.17) is 14.5 Å². The van der Waals surface area contributed by atoms with Gasteiger partial charge in [-0.2, -0.15) is 0 Å². The highest BCUT2D eigenvalue weighted by molar-refractivity contribution is 7.97. The van der Waals surface area contributed by atoms with Gasteiger partial charge >= 0.3 is 0 Å². The molecule has 0 aliphatic carbocycles. The molecule has 1 fully saturated rings. The van der Waals surface area contributed by atoms with Crippen LogP contribution in [0.4, 0.5) is 0 Å². The highest BCUT2D eigenvalue weighted by atomic mass is 32.2. The molecule has 26 heavy (non-hydrogen) atoms. The van der Waals surface area contributed by atoms with Crippen LogP contribution in [0.5, 0.6) is 0 Å². The van der Waals surface area contributed by atoms with Gasteiger partial charge in [-0.05, 0) is 0 Å². The van der Waals surface area contributed by atoms with E-state index in [0.717, 1.165) is 0 Å². The number of hydrogen-bond donors (Lipinski definition) is 9. The van der Waals surface area contributed by atoms with Crippen LogP contribution in [0.25, 0.3) is 0 Å². The molecule has 0 aromatic carbocycles. The zero-order chi connectivity index (χ0) is 19.9. The van der Waals surface area contributed by atoms with Crippen LogP contribution < -0.4 is 0 Å². The fourth-order valence-electron chi connectivity index (χ4n) is 2.56.